The van der Waals surface area contributed by atoms with Crippen LogP contribution >= 0.6 is 0 Å². The number of aromatic nitrogens is 2. The fourth-order valence-corrected chi connectivity index (χ4v) is 0.704. The van der Waals surface area contributed by atoms with Crippen LogP contribution in [0.5, 0.6) is 0 Å². The fraction of sp³-hybridized carbons (Fsp3) is 0.571. The van der Waals surface area contributed by atoms with Crippen LogP contribution in [-0.2, 0) is 5.54 Å². The first-order chi connectivity index (χ1) is 5.06. The molecule has 1 rings (SSSR count). The lowest BCUT2D eigenvalue weighted by atomic mass is 10.1. The summed E-state index contributed by atoms with van der Waals surface area (Å²) in [5.41, 5.74) is -0.523. The maximum absolute atomic E-state index is 12.4. The molecule has 0 saturated carbocycles. The van der Waals surface area contributed by atoms with Gasteiger partial charge < -0.3 is 5.11 Å². The molecule has 62 valence electrons. The van der Waals surface area contributed by atoms with Gasteiger partial charge in [-0.15, -0.1) is 0 Å². The average Bonchev–Trinajstić information content (AvgIpc) is 2.36. The van der Waals surface area contributed by atoms with Crippen LogP contribution in [0.15, 0.2) is 12.4 Å². The van der Waals surface area contributed by atoms with Gasteiger partial charge in [0.1, 0.15) is 0 Å². The molecule has 1 N–H and O–H groups in total. The lowest BCUT2D eigenvalue weighted by Crippen LogP contribution is -2.30. The van der Waals surface area contributed by atoms with Gasteiger partial charge in [-0.05, 0) is 13.8 Å². The second-order valence-corrected chi connectivity index (χ2v) is 3.07. The minimum atomic E-state index is -0.523. The Morgan fingerprint density at radius 2 is 2.36 bits per heavy atom. The van der Waals surface area contributed by atoms with E-state index >= 15 is 0 Å². The lowest BCUT2D eigenvalue weighted by molar-refractivity contribution is 0.152. The third-order valence-corrected chi connectivity index (χ3v) is 1.56. The number of hydrogen-bond donors (Lipinski definition) is 1. The highest BCUT2D eigenvalue weighted by atomic mass is 19.1. The molecule has 4 heteroatoms. The third-order valence-electron chi connectivity index (χ3n) is 1.56. The van der Waals surface area contributed by atoms with Gasteiger partial charge >= 0.3 is 0 Å². The van der Waals surface area contributed by atoms with E-state index in [1.54, 1.807) is 13.8 Å². The Labute approximate surface area is 64.5 Å². The predicted molar refractivity (Wildman–Crippen MR) is 38.6 cm³/mol. The summed E-state index contributed by atoms with van der Waals surface area (Å²) in [6.07, 6.45) is 2.38. The van der Waals surface area contributed by atoms with Crippen molar-refractivity contribution in [3.8, 4) is 0 Å². The molecule has 0 fully saturated rings. The SMILES string of the molecule is CC(C)(CO)n1cc(F)cn1. The van der Waals surface area contributed by atoms with Crippen molar-refractivity contribution < 1.29 is 9.50 Å². The molecule has 11 heavy (non-hydrogen) atoms. The fourth-order valence-electron chi connectivity index (χ4n) is 0.704. The molecule has 1 aromatic rings. The lowest BCUT2D eigenvalue weighted by Gasteiger charge is -2.21. The van der Waals surface area contributed by atoms with E-state index in [0.29, 0.717) is 0 Å². The highest BCUT2D eigenvalue weighted by Gasteiger charge is 2.19. The average molecular weight is 158 g/mol. The van der Waals surface area contributed by atoms with Gasteiger partial charge in [0.2, 0.25) is 0 Å². The summed E-state index contributed by atoms with van der Waals surface area (Å²) >= 11 is 0. The summed E-state index contributed by atoms with van der Waals surface area (Å²) in [6.45, 7) is 3.49. The molecule has 0 amide bonds. The first-order valence-electron chi connectivity index (χ1n) is 3.38. The Kier molecular flexibility index (Phi) is 1.95. The van der Waals surface area contributed by atoms with E-state index < -0.39 is 5.54 Å². The van der Waals surface area contributed by atoms with E-state index in [-0.39, 0.29) is 12.4 Å². The van der Waals surface area contributed by atoms with Crippen molar-refractivity contribution in [1.82, 2.24) is 9.78 Å². The summed E-state index contributed by atoms with van der Waals surface area (Å²) in [4.78, 5) is 0. The van der Waals surface area contributed by atoms with E-state index in [4.69, 9.17) is 5.11 Å². The molecule has 0 aliphatic heterocycles. The number of halogens is 1. The maximum atomic E-state index is 12.4. The largest absolute Gasteiger partial charge is 0.394 e. The van der Waals surface area contributed by atoms with Gasteiger partial charge in [-0.3, -0.25) is 4.68 Å². The summed E-state index contributed by atoms with van der Waals surface area (Å²) in [5, 5.41) is 12.6. The van der Waals surface area contributed by atoms with Gasteiger partial charge in [0.25, 0.3) is 0 Å². The Morgan fingerprint density at radius 3 is 2.73 bits per heavy atom. The van der Waals surface area contributed by atoms with Crippen LogP contribution in [0.25, 0.3) is 0 Å². The molecule has 0 atom stereocenters. The van der Waals surface area contributed by atoms with E-state index in [1.165, 1.54) is 10.9 Å². The molecule has 0 spiro atoms. The van der Waals surface area contributed by atoms with Gasteiger partial charge in [0.15, 0.2) is 5.82 Å². The zero-order valence-electron chi connectivity index (χ0n) is 6.58. The van der Waals surface area contributed by atoms with Gasteiger partial charge in [-0.1, -0.05) is 0 Å². The Hall–Kier alpha value is -0.900. The Bertz CT molecular complexity index is 244. The van der Waals surface area contributed by atoms with E-state index in [1.807, 2.05) is 0 Å². The summed E-state index contributed by atoms with van der Waals surface area (Å²) in [5.74, 6) is -0.383. The number of hydrogen-bond acceptors (Lipinski definition) is 2. The number of rotatable bonds is 2. The van der Waals surface area contributed by atoms with Crippen molar-refractivity contribution in [1.29, 1.82) is 0 Å². The van der Waals surface area contributed by atoms with Crippen molar-refractivity contribution in [2.24, 2.45) is 0 Å². The smallest absolute Gasteiger partial charge is 0.161 e. The standard InChI is InChI=1S/C7H11FN2O/c1-7(2,5-11)10-4-6(8)3-9-10/h3-4,11H,5H2,1-2H3. The van der Waals surface area contributed by atoms with Gasteiger partial charge in [0, 0.05) is 0 Å². The molecule has 0 saturated heterocycles. The molecule has 0 unspecified atom stereocenters. The molecule has 3 nitrogen and oxygen atoms in total. The first kappa shape index (κ1) is 8.20. The van der Waals surface area contributed by atoms with Crippen LogP contribution in [0.1, 0.15) is 13.8 Å². The topological polar surface area (TPSA) is 38.0 Å². The van der Waals surface area contributed by atoms with Crippen LogP contribution in [0.4, 0.5) is 4.39 Å². The first-order valence-corrected chi connectivity index (χ1v) is 3.38. The number of aliphatic hydroxyl groups is 1. The predicted octanol–water partition coefficient (Wildman–Crippen LogP) is 0.750. The van der Waals surface area contributed by atoms with E-state index in [0.717, 1.165) is 6.20 Å². The van der Waals surface area contributed by atoms with Crippen LogP contribution in [0.3, 0.4) is 0 Å². The Balaban J connectivity index is 2.92. The highest BCUT2D eigenvalue weighted by Crippen LogP contribution is 2.12. The second-order valence-electron chi connectivity index (χ2n) is 3.07. The molecular formula is C7H11FN2O. The quantitative estimate of drug-likeness (QED) is 0.689. The van der Waals surface area contributed by atoms with Crippen LogP contribution in [0.2, 0.25) is 0 Å². The summed E-state index contributed by atoms with van der Waals surface area (Å²) in [6, 6.07) is 0. The molecule has 0 aliphatic carbocycles. The highest BCUT2D eigenvalue weighted by molar-refractivity contribution is 4.89. The zero-order chi connectivity index (χ0) is 8.48. The Morgan fingerprint density at radius 1 is 1.73 bits per heavy atom. The molecule has 0 aliphatic rings. The number of nitrogens with zero attached hydrogens (tertiary/aromatic N) is 2. The molecule has 1 heterocycles. The minimum absolute atomic E-state index is 0.0614. The molecular weight excluding hydrogens is 147 g/mol. The van der Waals surface area contributed by atoms with Crippen molar-refractivity contribution in [3.05, 3.63) is 18.2 Å². The zero-order valence-corrected chi connectivity index (χ0v) is 6.58. The van der Waals surface area contributed by atoms with E-state index in [2.05, 4.69) is 5.10 Å². The normalized spacial score (nSPS) is 12.0. The van der Waals surface area contributed by atoms with E-state index in [9.17, 15) is 4.39 Å². The van der Waals surface area contributed by atoms with Crippen LogP contribution in [-0.4, -0.2) is 21.5 Å². The summed E-state index contributed by atoms with van der Waals surface area (Å²) < 4.78 is 13.8. The monoisotopic (exact) mass is 158 g/mol. The number of aliphatic hydroxyl groups excluding tert-OH is 1. The molecule has 0 aromatic carbocycles. The molecule has 1 aromatic heterocycles. The second kappa shape index (κ2) is 2.62. The van der Waals surface area contributed by atoms with Gasteiger partial charge in [-0.25, -0.2) is 4.39 Å². The van der Waals surface area contributed by atoms with Crippen molar-refractivity contribution in [2.75, 3.05) is 6.61 Å². The minimum Gasteiger partial charge on any atom is -0.394 e. The van der Waals surface area contributed by atoms with Gasteiger partial charge in [0.05, 0.1) is 24.5 Å². The molecule has 0 radical (unpaired) electrons. The van der Waals surface area contributed by atoms with Crippen LogP contribution < -0.4 is 0 Å². The van der Waals surface area contributed by atoms with Crippen LogP contribution in [0, 0.1) is 5.82 Å². The van der Waals surface area contributed by atoms with Crippen molar-refractivity contribution in [3.63, 3.8) is 0 Å². The van der Waals surface area contributed by atoms with Crippen molar-refractivity contribution >= 4 is 0 Å². The summed E-state index contributed by atoms with van der Waals surface area (Å²) in [7, 11) is 0. The maximum Gasteiger partial charge on any atom is 0.161 e. The van der Waals surface area contributed by atoms with Crippen molar-refractivity contribution in [2.45, 2.75) is 19.4 Å². The molecule has 0 bridgehead atoms. The van der Waals surface area contributed by atoms with Gasteiger partial charge in [-0.2, -0.15) is 5.10 Å². The third kappa shape index (κ3) is 1.57.